The summed E-state index contributed by atoms with van der Waals surface area (Å²) >= 11 is 8.71. The number of furan rings is 1. The summed E-state index contributed by atoms with van der Waals surface area (Å²) in [6, 6.07) is 10.8. The minimum Gasteiger partial charge on any atom is -0.462 e. The molecule has 2 aliphatic rings. The van der Waals surface area contributed by atoms with Crippen LogP contribution in [0.3, 0.4) is 0 Å². The van der Waals surface area contributed by atoms with Crippen LogP contribution >= 0.6 is 34.7 Å². The fourth-order valence-corrected chi connectivity index (χ4v) is 5.10. The van der Waals surface area contributed by atoms with Crippen LogP contribution in [0.15, 0.2) is 74.3 Å². The Kier molecular flexibility index (Phi) is 4.39. The second-order valence-electron chi connectivity index (χ2n) is 6.81. The summed E-state index contributed by atoms with van der Waals surface area (Å²) in [4.78, 5) is 22.5. The molecular formula is C21H11ClN6O2S2. The van der Waals surface area contributed by atoms with E-state index in [2.05, 4.69) is 10.1 Å². The van der Waals surface area contributed by atoms with Crippen LogP contribution in [0, 0.1) is 5.41 Å². The molecule has 11 heteroatoms. The van der Waals surface area contributed by atoms with Gasteiger partial charge in [0.05, 0.1) is 23.2 Å². The van der Waals surface area contributed by atoms with Gasteiger partial charge in [0.25, 0.3) is 5.91 Å². The van der Waals surface area contributed by atoms with Crippen molar-refractivity contribution in [2.45, 2.75) is 0 Å². The first-order valence-corrected chi connectivity index (χ1v) is 11.4. The summed E-state index contributed by atoms with van der Waals surface area (Å²) in [7, 11) is 0. The molecule has 0 unspecified atom stereocenters. The van der Waals surface area contributed by atoms with Crippen LogP contribution in [-0.2, 0) is 4.79 Å². The molecule has 1 aromatic carbocycles. The number of halogens is 1. The molecule has 0 radical (unpaired) electrons. The number of amidine groups is 2. The van der Waals surface area contributed by atoms with E-state index in [-0.39, 0.29) is 11.4 Å². The van der Waals surface area contributed by atoms with E-state index in [1.165, 1.54) is 28.1 Å². The standard InChI is InChI=1S/C21H11ClN6O2S2/c22-12-5-3-11(4-6-12)16-14(27-7-9-31-20(27)24-16)10-13-17(23)28-21(25-18(13)29)32-19(26-28)15-2-1-8-30-15/h1-10,23H/b13-10+,23-17?. The van der Waals surface area contributed by atoms with Gasteiger partial charge in [-0.3, -0.25) is 14.6 Å². The minimum atomic E-state index is -0.503. The Morgan fingerprint density at radius 2 is 2.03 bits per heavy atom. The molecule has 0 bridgehead atoms. The van der Waals surface area contributed by atoms with Crippen molar-refractivity contribution < 1.29 is 9.21 Å². The van der Waals surface area contributed by atoms with Crippen LogP contribution in [0.2, 0.25) is 5.02 Å². The SMILES string of the molecule is N=C1/C(=C\c2c(-c3ccc(Cl)cc3)nc3sccn23)C(=O)N=C2SC(c3ccco3)=NN12. The fraction of sp³-hybridized carbons (Fsp3) is 0. The Hall–Kier alpha value is -3.47. The lowest BCUT2D eigenvalue weighted by atomic mass is 10.1. The Balaban J connectivity index is 1.46. The van der Waals surface area contributed by atoms with Crippen LogP contribution in [0.1, 0.15) is 11.5 Å². The molecule has 1 amide bonds. The van der Waals surface area contributed by atoms with Gasteiger partial charge in [0.15, 0.2) is 21.6 Å². The third kappa shape index (κ3) is 3.03. The van der Waals surface area contributed by atoms with Crippen LogP contribution in [-0.4, -0.2) is 36.3 Å². The number of imidazole rings is 1. The van der Waals surface area contributed by atoms with Gasteiger partial charge in [-0.15, -0.1) is 11.3 Å². The predicted octanol–water partition coefficient (Wildman–Crippen LogP) is 4.98. The lowest BCUT2D eigenvalue weighted by Gasteiger charge is -2.20. The Morgan fingerprint density at radius 3 is 2.81 bits per heavy atom. The average Bonchev–Trinajstić information content (AvgIpc) is 3.55. The molecule has 32 heavy (non-hydrogen) atoms. The first kappa shape index (κ1) is 19.2. The summed E-state index contributed by atoms with van der Waals surface area (Å²) < 4.78 is 7.27. The Bertz CT molecular complexity index is 1490. The number of amides is 1. The average molecular weight is 479 g/mol. The maximum atomic E-state index is 12.9. The third-order valence-corrected chi connectivity index (χ3v) is 6.82. The van der Waals surface area contributed by atoms with Crippen molar-refractivity contribution in [3.8, 4) is 11.3 Å². The van der Waals surface area contributed by atoms with E-state index in [0.29, 0.717) is 32.4 Å². The number of nitrogens with zero attached hydrogens (tertiary/aromatic N) is 5. The number of hydrazone groups is 1. The number of aliphatic imine (C=N–C) groups is 1. The number of carbonyl (C=O) groups is 1. The quantitative estimate of drug-likeness (QED) is 0.419. The maximum Gasteiger partial charge on any atom is 0.283 e. The molecule has 8 nitrogen and oxygen atoms in total. The molecule has 1 N–H and O–H groups in total. The van der Waals surface area contributed by atoms with Gasteiger partial charge in [0.1, 0.15) is 0 Å². The monoisotopic (exact) mass is 478 g/mol. The molecular weight excluding hydrogens is 468 g/mol. The molecule has 0 saturated heterocycles. The van der Waals surface area contributed by atoms with E-state index in [0.717, 1.165) is 10.5 Å². The maximum absolute atomic E-state index is 12.9. The molecule has 4 aromatic rings. The molecule has 0 spiro atoms. The highest BCUT2D eigenvalue weighted by atomic mass is 35.5. The normalized spacial score (nSPS) is 17.3. The number of carbonyl (C=O) groups excluding carboxylic acids is 1. The van der Waals surface area contributed by atoms with Crippen molar-refractivity contribution in [1.29, 1.82) is 5.41 Å². The fourth-order valence-electron chi connectivity index (χ4n) is 3.39. The van der Waals surface area contributed by atoms with Crippen LogP contribution < -0.4 is 0 Å². The molecule has 0 atom stereocenters. The third-order valence-electron chi connectivity index (χ3n) is 4.88. The topological polar surface area (TPSA) is 99.3 Å². The number of benzene rings is 1. The van der Waals surface area contributed by atoms with Gasteiger partial charge in [-0.1, -0.05) is 23.7 Å². The van der Waals surface area contributed by atoms with Gasteiger partial charge >= 0.3 is 0 Å². The van der Waals surface area contributed by atoms with Gasteiger partial charge in [-0.05, 0) is 42.1 Å². The van der Waals surface area contributed by atoms with Crippen molar-refractivity contribution in [3.63, 3.8) is 0 Å². The number of thiazole rings is 1. The molecule has 5 heterocycles. The summed E-state index contributed by atoms with van der Waals surface area (Å²) in [5, 5.41) is 17.8. The predicted molar refractivity (Wildman–Crippen MR) is 126 cm³/mol. The van der Waals surface area contributed by atoms with Crippen molar-refractivity contribution in [2.75, 3.05) is 0 Å². The van der Waals surface area contributed by atoms with E-state index in [4.69, 9.17) is 26.4 Å². The van der Waals surface area contributed by atoms with E-state index < -0.39 is 5.91 Å². The van der Waals surface area contributed by atoms with E-state index in [1.807, 2.05) is 28.1 Å². The number of hydrogen-bond acceptors (Lipinski definition) is 7. The molecule has 0 aliphatic carbocycles. The zero-order valence-electron chi connectivity index (χ0n) is 16.0. The van der Waals surface area contributed by atoms with E-state index in [1.54, 1.807) is 36.6 Å². The number of aromatic nitrogens is 2. The molecule has 156 valence electrons. The first-order valence-electron chi connectivity index (χ1n) is 9.34. The molecule has 3 aromatic heterocycles. The highest BCUT2D eigenvalue weighted by Gasteiger charge is 2.37. The van der Waals surface area contributed by atoms with Crippen molar-refractivity contribution in [3.05, 3.63) is 76.3 Å². The molecule has 0 saturated carbocycles. The number of thioether (sulfide) groups is 1. The van der Waals surface area contributed by atoms with Crippen LogP contribution in [0.4, 0.5) is 0 Å². The summed E-state index contributed by atoms with van der Waals surface area (Å²) in [6.45, 7) is 0. The largest absolute Gasteiger partial charge is 0.462 e. The van der Waals surface area contributed by atoms with E-state index in [9.17, 15) is 4.79 Å². The van der Waals surface area contributed by atoms with Crippen LogP contribution in [0.25, 0.3) is 22.3 Å². The number of nitrogens with one attached hydrogen (secondary N) is 1. The highest BCUT2D eigenvalue weighted by Crippen LogP contribution is 2.33. The minimum absolute atomic E-state index is 0.0544. The highest BCUT2D eigenvalue weighted by molar-refractivity contribution is 8.27. The number of rotatable bonds is 3. The Labute approximate surface area is 194 Å². The lowest BCUT2D eigenvalue weighted by molar-refractivity contribution is -0.114. The van der Waals surface area contributed by atoms with Crippen molar-refractivity contribution in [1.82, 2.24) is 14.4 Å². The summed E-state index contributed by atoms with van der Waals surface area (Å²) in [6.07, 6.45) is 5.07. The second kappa shape index (κ2) is 7.30. The zero-order chi connectivity index (χ0) is 21.8. The van der Waals surface area contributed by atoms with Crippen LogP contribution in [0.5, 0.6) is 0 Å². The number of fused-ring (bicyclic) bond motifs is 2. The summed E-state index contributed by atoms with van der Waals surface area (Å²) in [5.74, 6) is -0.00292. The van der Waals surface area contributed by atoms with Crippen molar-refractivity contribution in [2.24, 2.45) is 10.1 Å². The molecule has 6 rings (SSSR count). The first-order chi connectivity index (χ1) is 15.6. The Morgan fingerprint density at radius 1 is 1.19 bits per heavy atom. The lowest BCUT2D eigenvalue weighted by Crippen LogP contribution is -2.35. The second-order valence-corrected chi connectivity index (χ2v) is 9.08. The summed E-state index contributed by atoms with van der Waals surface area (Å²) in [5.41, 5.74) is 2.34. The van der Waals surface area contributed by atoms with Gasteiger partial charge in [-0.2, -0.15) is 15.1 Å². The van der Waals surface area contributed by atoms with E-state index >= 15 is 0 Å². The van der Waals surface area contributed by atoms with Gasteiger partial charge in [0, 0.05) is 22.2 Å². The molecule has 0 fully saturated rings. The van der Waals surface area contributed by atoms with Gasteiger partial charge in [-0.25, -0.2) is 4.98 Å². The van der Waals surface area contributed by atoms with Gasteiger partial charge < -0.3 is 4.42 Å². The molecule has 2 aliphatic heterocycles. The number of hydrogen-bond donors (Lipinski definition) is 1. The van der Waals surface area contributed by atoms with Gasteiger partial charge in [0.2, 0.25) is 5.17 Å². The smallest absolute Gasteiger partial charge is 0.283 e. The zero-order valence-corrected chi connectivity index (χ0v) is 18.4. The van der Waals surface area contributed by atoms with Crippen molar-refractivity contribution >= 4 is 67.7 Å².